The minimum atomic E-state index is -3.72. The highest BCUT2D eigenvalue weighted by Gasteiger charge is 2.30. The average molecular weight is 461 g/mol. The Hall–Kier alpha value is -2.56. The Morgan fingerprint density at radius 3 is 2.58 bits per heavy atom. The fraction of sp³-hybridized carbons (Fsp3) is 0.381. The lowest BCUT2D eigenvalue weighted by atomic mass is 10.2. The third-order valence-corrected chi connectivity index (χ3v) is 8.58. The number of thiophene rings is 1. The topological polar surface area (TPSA) is 96.6 Å². The molecule has 1 fully saturated rings. The van der Waals surface area contributed by atoms with Gasteiger partial charge in [-0.1, -0.05) is 30.3 Å². The van der Waals surface area contributed by atoms with Crippen molar-refractivity contribution in [3.8, 4) is 11.5 Å². The van der Waals surface area contributed by atoms with Gasteiger partial charge < -0.3 is 9.32 Å². The highest BCUT2D eigenvalue weighted by Crippen LogP contribution is 2.31. The third kappa shape index (κ3) is 4.56. The molecule has 1 amide bonds. The molecule has 0 bridgehead atoms. The van der Waals surface area contributed by atoms with Crippen LogP contribution in [0.25, 0.3) is 11.5 Å². The van der Waals surface area contributed by atoms with Crippen LogP contribution in [-0.2, 0) is 16.6 Å². The first kappa shape index (κ1) is 21.7. The Morgan fingerprint density at radius 1 is 1.19 bits per heavy atom. The molecular weight excluding hydrogens is 436 g/mol. The number of sulfonamides is 1. The van der Waals surface area contributed by atoms with E-state index in [1.165, 1.54) is 10.4 Å². The number of benzene rings is 1. The molecule has 0 spiro atoms. The molecule has 0 saturated carbocycles. The van der Waals surface area contributed by atoms with Crippen LogP contribution in [0.2, 0.25) is 0 Å². The molecule has 0 N–H and O–H groups in total. The zero-order valence-corrected chi connectivity index (χ0v) is 19.0. The first-order valence-electron chi connectivity index (χ1n) is 10.1. The monoisotopic (exact) mass is 460 g/mol. The second kappa shape index (κ2) is 8.89. The molecule has 3 aromatic rings. The van der Waals surface area contributed by atoms with Gasteiger partial charge in [0.15, 0.2) is 0 Å². The zero-order valence-electron chi connectivity index (χ0n) is 17.4. The molecule has 3 heterocycles. The van der Waals surface area contributed by atoms with Crippen LogP contribution in [-0.4, -0.2) is 52.9 Å². The van der Waals surface area contributed by atoms with Crippen LogP contribution in [0.1, 0.15) is 42.9 Å². The highest BCUT2D eigenvalue weighted by molar-refractivity contribution is 7.91. The van der Waals surface area contributed by atoms with Crippen LogP contribution < -0.4 is 0 Å². The second-order valence-electron chi connectivity index (χ2n) is 7.70. The summed E-state index contributed by atoms with van der Waals surface area (Å²) in [7, 11) is -3.72. The van der Waals surface area contributed by atoms with Crippen LogP contribution in [0.3, 0.4) is 0 Å². The van der Waals surface area contributed by atoms with E-state index in [-0.39, 0.29) is 34.5 Å². The van der Waals surface area contributed by atoms with Gasteiger partial charge >= 0.3 is 11.8 Å². The average Bonchev–Trinajstić information content (AvgIpc) is 3.53. The maximum Gasteiger partial charge on any atom is 0.311 e. The van der Waals surface area contributed by atoms with Gasteiger partial charge in [0, 0.05) is 31.1 Å². The summed E-state index contributed by atoms with van der Waals surface area (Å²) in [4.78, 5) is 14.1. The van der Waals surface area contributed by atoms with Gasteiger partial charge in [0.05, 0.1) is 5.56 Å². The molecular formula is C21H24N4O4S2. The summed E-state index contributed by atoms with van der Waals surface area (Å²) in [5.41, 5.74) is 1.40. The summed E-state index contributed by atoms with van der Waals surface area (Å²) in [5.74, 6) is -0.215. The molecule has 0 unspecified atom stereocenters. The molecule has 1 aliphatic rings. The maximum absolute atomic E-state index is 13.3. The predicted octanol–water partition coefficient (Wildman–Crippen LogP) is 3.63. The first-order chi connectivity index (χ1) is 14.9. The third-order valence-electron chi connectivity index (χ3n) is 5.14. The molecule has 164 valence electrons. The summed E-state index contributed by atoms with van der Waals surface area (Å²) in [6, 6.07) is 10.8. The smallest absolute Gasteiger partial charge is 0.311 e. The number of hydrogen-bond donors (Lipinski definition) is 0. The van der Waals surface area contributed by atoms with Crippen molar-refractivity contribution in [3.63, 3.8) is 0 Å². The minimum Gasteiger partial charge on any atom is -0.412 e. The van der Waals surface area contributed by atoms with Crippen molar-refractivity contribution in [2.75, 3.05) is 13.1 Å². The summed E-state index contributed by atoms with van der Waals surface area (Å²) < 4.78 is 33.9. The SMILES string of the molecule is CC(C)N(Cc1ccccc1)S(=O)(=O)c1cc(-c2nnc(C(=O)N3CCCC3)o2)cs1. The lowest BCUT2D eigenvalue weighted by Gasteiger charge is -2.25. The molecule has 0 aliphatic carbocycles. The molecule has 10 heteroatoms. The molecule has 1 aliphatic heterocycles. The Bertz CT molecular complexity index is 1150. The minimum absolute atomic E-state index is 0.0691. The van der Waals surface area contributed by atoms with E-state index in [1.807, 2.05) is 44.2 Å². The van der Waals surface area contributed by atoms with Crippen molar-refractivity contribution in [1.82, 2.24) is 19.4 Å². The predicted molar refractivity (Wildman–Crippen MR) is 117 cm³/mol. The van der Waals surface area contributed by atoms with Crippen LogP contribution in [0, 0.1) is 0 Å². The van der Waals surface area contributed by atoms with Gasteiger partial charge in [0.25, 0.3) is 10.0 Å². The largest absolute Gasteiger partial charge is 0.412 e. The number of aromatic nitrogens is 2. The second-order valence-corrected chi connectivity index (χ2v) is 10.7. The molecule has 8 nitrogen and oxygen atoms in total. The van der Waals surface area contributed by atoms with Crippen molar-refractivity contribution >= 4 is 27.3 Å². The van der Waals surface area contributed by atoms with Gasteiger partial charge in [0.2, 0.25) is 5.89 Å². The summed E-state index contributed by atoms with van der Waals surface area (Å²) in [5, 5.41) is 9.48. The number of nitrogens with zero attached hydrogens (tertiary/aromatic N) is 4. The number of hydrogen-bond acceptors (Lipinski definition) is 7. The number of rotatable bonds is 7. The fourth-order valence-corrected chi connectivity index (χ4v) is 6.38. The van der Waals surface area contributed by atoms with E-state index in [4.69, 9.17) is 4.42 Å². The number of likely N-dealkylation sites (tertiary alicyclic amines) is 1. The Kier molecular flexibility index (Phi) is 6.22. The van der Waals surface area contributed by atoms with Gasteiger partial charge in [-0.05, 0) is 38.3 Å². The number of carbonyl (C=O) groups excluding carboxylic acids is 1. The van der Waals surface area contributed by atoms with E-state index in [0.717, 1.165) is 29.7 Å². The lowest BCUT2D eigenvalue weighted by Crippen LogP contribution is -2.36. The summed E-state index contributed by atoms with van der Waals surface area (Å²) in [6.45, 7) is 5.35. The fourth-order valence-electron chi connectivity index (χ4n) is 3.47. The molecule has 0 radical (unpaired) electrons. The van der Waals surface area contributed by atoms with Crippen LogP contribution in [0.5, 0.6) is 0 Å². The maximum atomic E-state index is 13.3. The number of carbonyl (C=O) groups is 1. The zero-order chi connectivity index (χ0) is 22.0. The number of amides is 1. The van der Waals surface area contributed by atoms with E-state index < -0.39 is 10.0 Å². The van der Waals surface area contributed by atoms with Gasteiger partial charge in [-0.25, -0.2) is 8.42 Å². The van der Waals surface area contributed by atoms with Crippen molar-refractivity contribution in [1.29, 1.82) is 0 Å². The Labute approximate surface area is 185 Å². The van der Waals surface area contributed by atoms with E-state index in [1.54, 1.807) is 10.3 Å². The van der Waals surface area contributed by atoms with Crippen molar-refractivity contribution in [2.24, 2.45) is 0 Å². The van der Waals surface area contributed by atoms with E-state index >= 15 is 0 Å². The first-order valence-corrected chi connectivity index (χ1v) is 12.5. The van der Waals surface area contributed by atoms with Crippen LogP contribution in [0.15, 0.2) is 50.4 Å². The van der Waals surface area contributed by atoms with Crippen LogP contribution in [0.4, 0.5) is 0 Å². The highest BCUT2D eigenvalue weighted by atomic mass is 32.2. The summed E-state index contributed by atoms with van der Waals surface area (Å²) in [6.07, 6.45) is 1.93. The normalized spacial score (nSPS) is 14.6. The van der Waals surface area contributed by atoms with Crippen molar-refractivity contribution < 1.29 is 17.6 Å². The molecule has 1 saturated heterocycles. The standard InChI is InChI=1S/C21H24N4O4S2/c1-15(2)25(13-16-8-4-3-5-9-16)31(27,28)18-12-17(14-30-18)19-22-23-20(29-19)21(26)24-10-6-7-11-24/h3-5,8-9,12,14-15H,6-7,10-11,13H2,1-2H3. The quantitative estimate of drug-likeness (QED) is 0.534. The van der Waals surface area contributed by atoms with E-state index in [9.17, 15) is 13.2 Å². The molecule has 31 heavy (non-hydrogen) atoms. The lowest BCUT2D eigenvalue weighted by molar-refractivity contribution is 0.0754. The molecule has 0 atom stereocenters. The van der Waals surface area contributed by atoms with Crippen LogP contribution >= 0.6 is 11.3 Å². The van der Waals surface area contributed by atoms with E-state index in [0.29, 0.717) is 18.7 Å². The van der Waals surface area contributed by atoms with Gasteiger partial charge in [-0.3, -0.25) is 4.79 Å². The van der Waals surface area contributed by atoms with Crippen molar-refractivity contribution in [3.05, 3.63) is 53.2 Å². The van der Waals surface area contributed by atoms with E-state index in [2.05, 4.69) is 10.2 Å². The molecule has 4 rings (SSSR count). The Morgan fingerprint density at radius 2 is 1.90 bits per heavy atom. The summed E-state index contributed by atoms with van der Waals surface area (Å²) >= 11 is 1.10. The van der Waals surface area contributed by atoms with Gasteiger partial charge in [-0.15, -0.1) is 21.5 Å². The Balaban J connectivity index is 1.56. The molecule has 2 aromatic heterocycles. The van der Waals surface area contributed by atoms with Crippen molar-refractivity contribution in [2.45, 2.75) is 43.5 Å². The van der Waals surface area contributed by atoms with Gasteiger partial charge in [0.1, 0.15) is 4.21 Å². The van der Waals surface area contributed by atoms with Gasteiger partial charge in [-0.2, -0.15) is 4.31 Å². The molecule has 1 aromatic carbocycles.